The summed E-state index contributed by atoms with van der Waals surface area (Å²) in [5.41, 5.74) is 3.95. The third kappa shape index (κ3) is 4.53. The van der Waals surface area contributed by atoms with Gasteiger partial charge in [-0.3, -0.25) is 0 Å². The van der Waals surface area contributed by atoms with Crippen molar-refractivity contribution < 1.29 is 4.84 Å². The molecule has 2 heteroatoms. The number of hydrogen-bond donors (Lipinski definition) is 1. The highest BCUT2D eigenvalue weighted by molar-refractivity contribution is 5.31. The molecule has 0 atom stereocenters. The number of aryl methyl sites for hydroxylation is 1. The third-order valence-corrected chi connectivity index (χ3v) is 1.42. The summed E-state index contributed by atoms with van der Waals surface area (Å²) in [7, 11) is 0. The SMILES string of the molecule is CC.CCNOc1ccccc1C. The number of hydrogen-bond acceptors (Lipinski definition) is 2. The maximum Gasteiger partial charge on any atom is 0.150 e. The van der Waals surface area contributed by atoms with Gasteiger partial charge in [-0.25, -0.2) is 0 Å². The molecule has 13 heavy (non-hydrogen) atoms. The molecule has 0 aliphatic heterocycles. The van der Waals surface area contributed by atoms with Gasteiger partial charge in [0.2, 0.25) is 0 Å². The zero-order chi connectivity index (χ0) is 10.1. The number of hydroxylamine groups is 1. The minimum Gasteiger partial charge on any atom is -0.408 e. The van der Waals surface area contributed by atoms with Crippen LogP contribution in [0, 0.1) is 6.92 Å². The normalized spacial score (nSPS) is 8.62. The highest BCUT2D eigenvalue weighted by atomic mass is 16.6. The van der Waals surface area contributed by atoms with Crippen LogP contribution < -0.4 is 10.3 Å². The molecule has 1 N–H and O–H groups in total. The molecule has 0 amide bonds. The van der Waals surface area contributed by atoms with Gasteiger partial charge in [-0.15, -0.1) is 0 Å². The zero-order valence-electron chi connectivity index (χ0n) is 8.92. The molecule has 0 aliphatic carbocycles. The second-order valence-electron chi connectivity index (χ2n) is 2.37. The fraction of sp³-hybridized carbons (Fsp3) is 0.455. The lowest BCUT2D eigenvalue weighted by atomic mass is 10.2. The first kappa shape index (κ1) is 12.0. The van der Waals surface area contributed by atoms with Crippen molar-refractivity contribution in [1.82, 2.24) is 5.48 Å². The van der Waals surface area contributed by atoms with E-state index in [1.165, 1.54) is 0 Å². The molecule has 0 radical (unpaired) electrons. The van der Waals surface area contributed by atoms with Crippen LogP contribution in [0.3, 0.4) is 0 Å². The topological polar surface area (TPSA) is 21.3 Å². The Morgan fingerprint density at radius 2 is 1.85 bits per heavy atom. The van der Waals surface area contributed by atoms with Gasteiger partial charge in [0, 0.05) is 6.54 Å². The third-order valence-electron chi connectivity index (χ3n) is 1.42. The molecular formula is C11H19NO. The molecule has 0 saturated carbocycles. The lowest BCUT2D eigenvalue weighted by Crippen LogP contribution is -2.17. The Kier molecular flexibility index (Phi) is 7.02. The lowest BCUT2D eigenvalue weighted by molar-refractivity contribution is 0.201. The smallest absolute Gasteiger partial charge is 0.150 e. The summed E-state index contributed by atoms with van der Waals surface area (Å²) < 4.78 is 0. The number of benzene rings is 1. The van der Waals surface area contributed by atoms with E-state index >= 15 is 0 Å². The van der Waals surface area contributed by atoms with E-state index < -0.39 is 0 Å². The maximum absolute atomic E-state index is 5.24. The van der Waals surface area contributed by atoms with E-state index in [2.05, 4.69) is 5.48 Å². The molecule has 0 aromatic heterocycles. The van der Waals surface area contributed by atoms with Crippen molar-refractivity contribution in [3.63, 3.8) is 0 Å². The van der Waals surface area contributed by atoms with Gasteiger partial charge in [-0.1, -0.05) is 32.0 Å². The minimum absolute atomic E-state index is 0.814. The molecule has 74 valence electrons. The van der Waals surface area contributed by atoms with E-state index in [0.717, 1.165) is 17.9 Å². The molecule has 0 saturated heterocycles. The van der Waals surface area contributed by atoms with E-state index in [9.17, 15) is 0 Å². The van der Waals surface area contributed by atoms with E-state index in [1.54, 1.807) is 0 Å². The predicted octanol–water partition coefficient (Wildman–Crippen LogP) is 2.92. The molecule has 2 nitrogen and oxygen atoms in total. The molecule has 1 aromatic rings. The summed E-state index contributed by atoms with van der Waals surface area (Å²) >= 11 is 0. The summed E-state index contributed by atoms with van der Waals surface area (Å²) in [6.07, 6.45) is 0. The second-order valence-corrected chi connectivity index (χ2v) is 2.37. The standard InChI is InChI=1S/C9H13NO.C2H6/c1-3-10-11-9-7-5-4-6-8(9)2;1-2/h4-7,10H,3H2,1-2H3;1-2H3. The Hall–Kier alpha value is -1.02. The van der Waals surface area contributed by atoms with Crippen LogP contribution in [0.5, 0.6) is 5.75 Å². The lowest BCUT2D eigenvalue weighted by Gasteiger charge is -2.06. The number of nitrogens with one attached hydrogen (secondary N) is 1. The highest BCUT2D eigenvalue weighted by Crippen LogP contribution is 2.14. The quantitative estimate of drug-likeness (QED) is 0.724. The molecule has 1 aromatic carbocycles. The highest BCUT2D eigenvalue weighted by Gasteiger charge is 1.94. The first-order valence-corrected chi connectivity index (χ1v) is 4.80. The molecular weight excluding hydrogens is 162 g/mol. The molecule has 0 aliphatic rings. The first-order valence-electron chi connectivity index (χ1n) is 4.80. The van der Waals surface area contributed by atoms with Crippen molar-refractivity contribution in [3.8, 4) is 5.75 Å². The number of para-hydroxylation sites is 1. The number of rotatable bonds is 3. The van der Waals surface area contributed by atoms with Crippen LogP contribution in [-0.2, 0) is 0 Å². The molecule has 0 bridgehead atoms. The maximum atomic E-state index is 5.24. The average molecular weight is 181 g/mol. The van der Waals surface area contributed by atoms with Gasteiger partial charge >= 0.3 is 0 Å². The average Bonchev–Trinajstić information content (AvgIpc) is 2.20. The first-order chi connectivity index (χ1) is 6.34. The largest absolute Gasteiger partial charge is 0.408 e. The molecule has 0 unspecified atom stereocenters. The fourth-order valence-corrected chi connectivity index (χ4v) is 0.821. The Morgan fingerprint density at radius 1 is 1.23 bits per heavy atom. The van der Waals surface area contributed by atoms with Gasteiger partial charge in [0.1, 0.15) is 5.75 Å². The monoisotopic (exact) mass is 181 g/mol. The summed E-state index contributed by atoms with van der Waals surface area (Å²) in [5.74, 6) is 0.898. The van der Waals surface area contributed by atoms with Gasteiger partial charge in [0.15, 0.2) is 0 Å². The van der Waals surface area contributed by atoms with Crippen LogP contribution in [-0.4, -0.2) is 6.54 Å². The van der Waals surface area contributed by atoms with Crippen molar-refractivity contribution in [2.24, 2.45) is 0 Å². The minimum atomic E-state index is 0.814. The Balaban J connectivity index is 0.000000671. The molecule has 1 rings (SSSR count). The van der Waals surface area contributed by atoms with E-state index in [0.29, 0.717) is 0 Å². The van der Waals surface area contributed by atoms with Gasteiger partial charge < -0.3 is 4.84 Å². The second kappa shape index (κ2) is 7.62. The summed E-state index contributed by atoms with van der Waals surface area (Å²) in [6.45, 7) is 8.83. The van der Waals surface area contributed by atoms with Crippen molar-refractivity contribution in [3.05, 3.63) is 29.8 Å². The van der Waals surface area contributed by atoms with Crippen molar-refractivity contribution >= 4 is 0 Å². The van der Waals surface area contributed by atoms with E-state index in [-0.39, 0.29) is 0 Å². The van der Waals surface area contributed by atoms with Crippen LogP contribution in [0.2, 0.25) is 0 Å². The Bertz CT molecular complexity index is 223. The summed E-state index contributed by atoms with van der Waals surface area (Å²) in [6, 6.07) is 7.92. The van der Waals surface area contributed by atoms with Crippen LogP contribution in [0.15, 0.2) is 24.3 Å². The van der Waals surface area contributed by atoms with Gasteiger partial charge in [-0.05, 0) is 25.5 Å². The van der Waals surface area contributed by atoms with Crippen molar-refractivity contribution in [1.29, 1.82) is 0 Å². The van der Waals surface area contributed by atoms with E-state index in [1.807, 2.05) is 52.0 Å². The van der Waals surface area contributed by atoms with Crippen molar-refractivity contribution in [2.75, 3.05) is 6.54 Å². The van der Waals surface area contributed by atoms with Crippen LogP contribution in [0.4, 0.5) is 0 Å². The zero-order valence-corrected chi connectivity index (χ0v) is 8.92. The fourth-order valence-electron chi connectivity index (χ4n) is 0.821. The van der Waals surface area contributed by atoms with Gasteiger partial charge in [0.05, 0.1) is 0 Å². The van der Waals surface area contributed by atoms with E-state index in [4.69, 9.17) is 4.84 Å². The van der Waals surface area contributed by atoms with Crippen LogP contribution in [0.25, 0.3) is 0 Å². The summed E-state index contributed by atoms with van der Waals surface area (Å²) in [4.78, 5) is 5.24. The Morgan fingerprint density at radius 3 is 2.38 bits per heavy atom. The van der Waals surface area contributed by atoms with Crippen LogP contribution >= 0.6 is 0 Å². The predicted molar refractivity (Wildman–Crippen MR) is 56.8 cm³/mol. The molecule has 0 heterocycles. The van der Waals surface area contributed by atoms with Gasteiger partial charge in [0.25, 0.3) is 0 Å². The van der Waals surface area contributed by atoms with Crippen molar-refractivity contribution in [2.45, 2.75) is 27.7 Å². The molecule has 0 fully saturated rings. The Labute approximate surface area is 80.9 Å². The molecule has 0 spiro atoms. The summed E-state index contributed by atoms with van der Waals surface area (Å²) in [5, 5.41) is 0. The van der Waals surface area contributed by atoms with Crippen LogP contribution in [0.1, 0.15) is 26.3 Å². The van der Waals surface area contributed by atoms with Gasteiger partial charge in [-0.2, -0.15) is 5.48 Å².